The lowest BCUT2D eigenvalue weighted by Crippen LogP contribution is -1.96. The summed E-state index contributed by atoms with van der Waals surface area (Å²) in [6.45, 7) is 0.699. The monoisotopic (exact) mass is 240 g/mol. The van der Waals surface area contributed by atoms with E-state index in [9.17, 15) is 4.79 Å². The van der Waals surface area contributed by atoms with Gasteiger partial charge in [0.15, 0.2) is 0 Å². The van der Waals surface area contributed by atoms with Crippen LogP contribution in [0.4, 0.5) is 0 Å². The van der Waals surface area contributed by atoms with E-state index in [2.05, 4.69) is 0 Å². The lowest BCUT2D eigenvalue weighted by Gasteiger charge is -2.08. The van der Waals surface area contributed by atoms with E-state index in [4.69, 9.17) is 9.84 Å². The summed E-state index contributed by atoms with van der Waals surface area (Å²) in [6, 6.07) is 12.9. The maximum atomic E-state index is 11.0. The average molecular weight is 240 g/mol. The standard InChI is InChI=1S/C15H12O3/c16-15(17)12-5-1-4-11(9-12)13-6-2-3-10-7-8-18-14(10)13/h1-6,9H,7-8H2,(H,16,17). The topological polar surface area (TPSA) is 46.5 Å². The number of carbonyl (C=O) groups is 1. The number of carboxylic acid groups (broad SMARTS) is 1. The first kappa shape index (κ1) is 10.8. The van der Waals surface area contributed by atoms with Crippen molar-refractivity contribution < 1.29 is 14.6 Å². The quantitative estimate of drug-likeness (QED) is 0.877. The minimum atomic E-state index is -0.912. The summed E-state index contributed by atoms with van der Waals surface area (Å²) in [5.41, 5.74) is 3.33. The van der Waals surface area contributed by atoms with Crippen molar-refractivity contribution in [2.24, 2.45) is 0 Å². The largest absolute Gasteiger partial charge is 0.492 e. The Hall–Kier alpha value is -2.29. The van der Waals surface area contributed by atoms with Crippen LogP contribution in [0.2, 0.25) is 0 Å². The van der Waals surface area contributed by atoms with Crippen LogP contribution in [0, 0.1) is 0 Å². The van der Waals surface area contributed by atoms with Crippen molar-refractivity contribution in [3.8, 4) is 16.9 Å². The SMILES string of the molecule is O=C(O)c1cccc(-c2cccc3c2OCC3)c1. The van der Waals surface area contributed by atoms with Crippen molar-refractivity contribution >= 4 is 5.97 Å². The Morgan fingerprint density at radius 1 is 1.17 bits per heavy atom. The second-order valence-electron chi connectivity index (χ2n) is 4.28. The first-order valence-electron chi connectivity index (χ1n) is 5.84. The van der Waals surface area contributed by atoms with E-state index in [0.29, 0.717) is 12.2 Å². The number of aromatic carboxylic acids is 1. The van der Waals surface area contributed by atoms with Crippen LogP contribution in [0.15, 0.2) is 42.5 Å². The number of benzene rings is 2. The molecule has 18 heavy (non-hydrogen) atoms. The Kier molecular flexibility index (Phi) is 2.52. The maximum absolute atomic E-state index is 11.0. The summed E-state index contributed by atoms with van der Waals surface area (Å²) in [7, 11) is 0. The smallest absolute Gasteiger partial charge is 0.335 e. The molecule has 1 aliphatic heterocycles. The Labute approximate surface area is 105 Å². The van der Waals surface area contributed by atoms with E-state index in [-0.39, 0.29) is 0 Å². The molecule has 0 bridgehead atoms. The summed E-state index contributed by atoms with van der Waals surface area (Å²) >= 11 is 0. The highest BCUT2D eigenvalue weighted by atomic mass is 16.5. The molecule has 0 aliphatic carbocycles. The Morgan fingerprint density at radius 3 is 2.83 bits per heavy atom. The molecule has 0 radical (unpaired) electrons. The van der Waals surface area contributed by atoms with Crippen LogP contribution < -0.4 is 4.74 Å². The molecule has 3 heteroatoms. The molecule has 3 nitrogen and oxygen atoms in total. The molecule has 0 aromatic heterocycles. The van der Waals surface area contributed by atoms with E-state index < -0.39 is 5.97 Å². The van der Waals surface area contributed by atoms with Gasteiger partial charge in [-0.05, 0) is 23.3 Å². The van der Waals surface area contributed by atoms with Gasteiger partial charge in [0.25, 0.3) is 0 Å². The Bertz CT molecular complexity index is 617. The molecule has 0 saturated heterocycles. The van der Waals surface area contributed by atoms with E-state index in [0.717, 1.165) is 23.3 Å². The number of hydrogen-bond acceptors (Lipinski definition) is 2. The van der Waals surface area contributed by atoms with Crippen LogP contribution in [0.5, 0.6) is 5.75 Å². The van der Waals surface area contributed by atoms with Crippen molar-refractivity contribution in [3.05, 3.63) is 53.6 Å². The fraction of sp³-hybridized carbons (Fsp3) is 0.133. The second kappa shape index (κ2) is 4.18. The van der Waals surface area contributed by atoms with Crippen LogP contribution in [0.3, 0.4) is 0 Å². The molecule has 0 atom stereocenters. The minimum absolute atomic E-state index is 0.295. The van der Waals surface area contributed by atoms with Gasteiger partial charge in [0, 0.05) is 12.0 Å². The predicted octanol–water partition coefficient (Wildman–Crippen LogP) is 2.99. The molecule has 1 N–H and O–H groups in total. The van der Waals surface area contributed by atoms with Crippen molar-refractivity contribution in [1.82, 2.24) is 0 Å². The number of rotatable bonds is 2. The molecule has 0 saturated carbocycles. The van der Waals surface area contributed by atoms with Gasteiger partial charge in [0.05, 0.1) is 12.2 Å². The van der Waals surface area contributed by atoms with Gasteiger partial charge in [-0.2, -0.15) is 0 Å². The van der Waals surface area contributed by atoms with Crippen molar-refractivity contribution in [1.29, 1.82) is 0 Å². The fourth-order valence-corrected chi connectivity index (χ4v) is 2.26. The van der Waals surface area contributed by atoms with Gasteiger partial charge in [-0.15, -0.1) is 0 Å². The molecule has 1 aliphatic rings. The third kappa shape index (κ3) is 1.74. The van der Waals surface area contributed by atoms with Gasteiger partial charge in [-0.1, -0.05) is 30.3 Å². The number of para-hydroxylation sites is 1. The van der Waals surface area contributed by atoms with Crippen LogP contribution >= 0.6 is 0 Å². The highest BCUT2D eigenvalue weighted by Gasteiger charge is 2.17. The van der Waals surface area contributed by atoms with Crippen LogP contribution in [-0.4, -0.2) is 17.7 Å². The summed E-state index contributed by atoms with van der Waals surface area (Å²) in [5, 5.41) is 9.02. The molecular formula is C15H12O3. The minimum Gasteiger partial charge on any atom is -0.492 e. The van der Waals surface area contributed by atoms with Gasteiger partial charge >= 0.3 is 5.97 Å². The Balaban J connectivity index is 2.13. The van der Waals surface area contributed by atoms with E-state index in [1.165, 1.54) is 5.56 Å². The highest BCUT2D eigenvalue weighted by molar-refractivity contribution is 5.90. The predicted molar refractivity (Wildman–Crippen MR) is 68.0 cm³/mol. The third-order valence-electron chi connectivity index (χ3n) is 3.13. The molecule has 1 heterocycles. The lowest BCUT2D eigenvalue weighted by molar-refractivity contribution is 0.0697. The molecular weight excluding hydrogens is 228 g/mol. The van der Waals surface area contributed by atoms with Gasteiger partial charge in [-0.25, -0.2) is 4.79 Å². The first-order chi connectivity index (χ1) is 8.75. The summed E-state index contributed by atoms with van der Waals surface area (Å²) < 4.78 is 5.64. The molecule has 2 aromatic rings. The summed E-state index contributed by atoms with van der Waals surface area (Å²) in [4.78, 5) is 11.0. The molecule has 0 unspecified atom stereocenters. The van der Waals surface area contributed by atoms with E-state index >= 15 is 0 Å². The van der Waals surface area contributed by atoms with Crippen molar-refractivity contribution in [3.63, 3.8) is 0 Å². The zero-order valence-electron chi connectivity index (χ0n) is 9.72. The number of carboxylic acids is 1. The first-order valence-corrected chi connectivity index (χ1v) is 5.84. The van der Waals surface area contributed by atoms with Gasteiger partial charge in [0.1, 0.15) is 5.75 Å². The summed E-state index contributed by atoms with van der Waals surface area (Å²) in [6.07, 6.45) is 0.918. The molecule has 2 aromatic carbocycles. The average Bonchev–Trinajstić information content (AvgIpc) is 2.87. The third-order valence-corrected chi connectivity index (χ3v) is 3.13. The van der Waals surface area contributed by atoms with Gasteiger partial charge in [-0.3, -0.25) is 0 Å². The molecule has 3 rings (SSSR count). The zero-order chi connectivity index (χ0) is 12.5. The highest BCUT2D eigenvalue weighted by Crippen LogP contribution is 2.36. The molecule has 0 amide bonds. The van der Waals surface area contributed by atoms with Gasteiger partial charge in [0.2, 0.25) is 0 Å². The van der Waals surface area contributed by atoms with Crippen LogP contribution in [-0.2, 0) is 6.42 Å². The number of hydrogen-bond donors (Lipinski definition) is 1. The Morgan fingerprint density at radius 2 is 2.00 bits per heavy atom. The van der Waals surface area contributed by atoms with Crippen LogP contribution in [0.1, 0.15) is 15.9 Å². The maximum Gasteiger partial charge on any atom is 0.335 e. The normalized spacial score (nSPS) is 12.9. The van der Waals surface area contributed by atoms with Crippen molar-refractivity contribution in [2.75, 3.05) is 6.61 Å². The lowest BCUT2D eigenvalue weighted by atomic mass is 9.99. The van der Waals surface area contributed by atoms with E-state index in [1.54, 1.807) is 18.2 Å². The zero-order valence-corrected chi connectivity index (χ0v) is 9.72. The molecule has 90 valence electrons. The van der Waals surface area contributed by atoms with Crippen molar-refractivity contribution in [2.45, 2.75) is 6.42 Å². The molecule has 0 fully saturated rings. The molecule has 0 spiro atoms. The number of fused-ring (bicyclic) bond motifs is 1. The van der Waals surface area contributed by atoms with E-state index in [1.807, 2.05) is 24.3 Å². The van der Waals surface area contributed by atoms with Gasteiger partial charge < -0.3 is 9.84 Å². The second-order valence-corrected chi connectivity index (χ2v) is 4.28. The van der Waals surface area contributed by atoms with Crippen LogP contribution in [0.25, 0.3) is 11.1 Å². The number of ether oxygens (including phenoxy) is 1. The fourth-order valence-electron chi connectivity index (χ4n) is 2.26. The summed E-state index contributed by atoms with van der Waals surface area (Å²) in [5.74, 6) is -0.0228.